The smallest absolute Gasteiger partial charge is 0.217 e. The van der Waals surface area contributed by atoms with E-state index in [2.05, 4.69) is 63.0 Å². The molecule has 226 valence electrons. The standard InChI is InChI=1S/C37H32FN2O3.Pt/c1-21-16-22-14-15-31(39-32(22)30(41)17-21)42-25-19-23(26-10-6-9-13-29(26)38)18-24(20-25)35-40-33-34(43-35)37(4,5)28-12-8-7-11-27(28)36(33,2)3;/h6-19,33-34,41H,1-5H3;/q-1;/t33-,34+;/m1./s1. The van der Waals surface area contributed by atoms with Crippen molar-refractivity contribution >= 4 is 16.8 Å². The molecule has 0 radical (unpaired) electrons. The minimum atomic E-state index is -0.351. The van der Waals surface area contributed by atoms with Gasteiger partial charge in [-0.25, -0.2) is 9.37 Å². The predicted molar refractivity (Wildman–Crippen MR) is 167 cm³/mol. The first-order valence-corrected chi connectivity index (χ1v) is 14.5. The van der Waals surface area contributed by atoms with Crippen LogP contribution in [0.2, 0.25) is 0 Å². The second-order valence-corrected chi connectivity index (χ2v) is 12.6. The Hall–Kier alpha value is -4.02. The van der Waals surface area contributed by atoms with E-state index in [1.165, 1.54) is 17.2 Å². The van der Waals surface area contributed by atoms with E-state index in [-0.39, 0.29) is 61.5 Å². The first kappa shape index (κ1) is 30.0. The maximum Gasteiger partial charge on any atom is 0.217 e. The van der Waals surface area contributed by atoms with Gasteiger partial charge in [-0.15, -0.1) is 6.07 Å². The van der Waals surface area contributed by atoms with Crippen molar-refractivity contribution in [1.82, 2.24) is 4.98 Å². The molecule has 7 rings (SSSR count). The molecule has 5 aromatic rings. The van der Waals surface area contributed by atoms with E-state index >= 15 is 4.39 Å². The minimum absolute atomic E-state index is 0. The van der Waals surface area contributed by atoms with E-state index < -0.39 is 0 Å². The van der Waals surface area contributed by atoms with Gasteiger partial charge in [-0.3, -0.25) is 4.99 Å². The van der Waals surface area contributed by atoms with Crippen LogP contribution in [-0.2, 0) is 36.6 Å². The van der Waals surface area contributed by atoms with Gasteiger partial charge in [0.05, 0.1) is 6.04 Å². The summed E-state index contributed by atoms with van der Waals surface area (Å²) in [6, 6.07) is 29.1. The van der Waals surface area contributed by atoms with Crippen LogP contribution in [0.5, 0.6) is 17.4 Å². The number of fused-ring (bicyclic) bond motifs is 3. The summed E-state index contributed by atoms with van der Waals surface area (Å²) in [5.74, 6) is 0.784. The molecule has 7 heteroatoms. The van der Waals surface area contributed by atoms with Crippen LogP contribution < -0.4 is 4.74 Å². The van der Waals surface area contributed by atoms with Gasteiger partial charge in [-0.1, -0.05) is 93.4 Å². The van der Waals surface area contributed by atoms with Crippen molar-refractivity contribution in [2.75, 3.05) is 0 Å². The van der Waals surface area contributed by atoms with Crippen LogP contribution in [0, 0.1) is 18.8 Å². The van der Waals surface area contributed by atoms with Crippen LogP contribution in [-0.4, -0.2) is 28.1 Å². The monoisotopic (exact) mass is 766 g/mol. The second kappa shape index (κ2) is 10.9. The number of phenolic OH excluding ortho intramolecular Hbond substituents is 1. The number of halogens is 1. The number of hydrogen-bond acceptors (Lipinski definition) is 5. The Morgan fingerprint density at radius 3 is 2.34 bits per heavy atom. The molecule has 2 aliphatic rings. The number of aliphatic imine (C=N–C) groups is 1. The molecule has 4 aromatic carbocycles. The molecule has 2 heterocycles. The molecule has 1 N–H and O–H groups in total. The van der Waals surface area contributed by atoms with Gasteiger partial charge in [0.2, 0.25) is 5.88 Å². The normalized spacial score (nSPS) is 19.3. The molecule has 0 spiro atoms. The molecule has 0 saturated carbocycles. The van der Waals surface area contributed by atoms with Gasteiger partial charge >= 0.3 is 0 Å². The molecule has 1 aliphatic heterocycles. The van der Waals surface area contributed by atoms with Crippen molar-refractivity contribution in [3.63, 3.8) is 0 Å². The van der Waals surface area contributed by atoms with Crippen molar-refractivity contribution < 1.29 is 40.0 Å². The molecule has 1 aliphatic carbocycles. The van der Waals surface area contributed by atoms with Crippen molar-refractivity contribution in [2.45, 2.75) is 57.6 Å². The molecule has 5 nitrogen and oxygen atoms in total. The summed E-state index contributed by atoms with van der Waals surface area (Å²) in [6.07, 6.45) is -0.198. The van der Waals surface area contributed by atoms with Gasteiger partial charge < -0.3 is 14.6 Å². The summed E-state index contributed by atoms with van der Waals surface area (Å²) in [5.41, 5.74) is 4.93. The zero-order valence-electron chi connectivity index (χ0n) is 25.1. The topological polar surface area (TPSA) is 63.9 Å². The molecule has 2 atom stereocenters. The van der Waals surface area contributed by atoms with E-state index in [9.17, 15) is 5.11 Å². The van der Waals surface area contributed by atoms with Crippen LogP contribution in [0.25, 0.3) is 22.0 Å². The molecule has 0 bridgehead atoms. The van der Waals surface area contributed by atoms with Crippen LogP contribution >= 0.6 is 0 Å². The SMILES string of the molecule is Cc1cc(O)c2nc(Oc3[c-]c(C4=N[C@@H]5[C@H](O4)C(C)(C)c4ccccc4C5(C)C)cc(-c4ccccc4F)c3)ccc2c1.[Pt]. The van der Waals surface area contributed by atoms with Crippen LogP contribution in [0.3, 0.4) is 0 Å². The maximum absolute atomic E-state index is 15.0. The summed E-state index contributed by atoms with van der Waals surface area (Å²) in [6.45, 7) is 10.7. The summed E-state index contributed by atoms with van der Waals surface area (Å²) in [7, 11) is 0. The fraction of sp³-hybridized carbons (Fsp3) is 0.243. The Kier molecular flexibility index (Phi) is 7.40. The fourth-order valence-corrected chi connectivity index (χ4v) is 6.62. The van der Waals surface area contributed by atoms with E-state index in [4.69, 9.17) is 14.5 Å². The second-order valence-electron chi connectivity index (χ2n) is 12.6. The average molecular weight is 767 g/mol. The number of ether oxygens (including phenoxy) is 2. The van der Waals surface area contributed by atoms with E-state index in [1.807, 2.05) is 25.1 Å². The van der Waals surface area contributed by atoms with Crippen LogP contribution in [0.4, 0.5) is 4.39 Å². The minimum Gasteiger partial charge on any atom is -0.514 e. The number of pyridine rings is 1. The number of hydrogen-bond donors (Lipinski definition) is 1. The fourth-order valence-electron chi connectivity index (χ4n) is 6.62. The zero-order valence-corrected chi connectivity index (χ0v) is 27.4. The van der Waals surface area contributed by atoms with Crippen LogP contribution in [0.1, 0.15) is 49.9 Å². The van der Waals surface area contributed by atoms with Gasteiger partial charge in [-0.2, -0.15) is 0 Å². The van der Waals surface area contributed by atoms with Crippen molar-refractivity contribution in [2.24, 2.45) is 4.99 Å². The molecular weight excluding hydrogens is 734 g/mol. The number of aromatic hydroxyl groups is 1. The molecule has 0 amide bonds. The number of nitrogens with zero attached hydrogens (tertiary/aromatic N) is 2. The maximum atomic E-state index is 15.0. The van der Waals surface area contributed by atoms with Crippen molar-refractivity contribution in [1.29, 1.82) is 0 Å². The van der Waals surface area contributed by atoms with Gasteiger partial charge in [0.25, 0.3) is 0 Å². The van der Waals surface area contributed by atoms with E-state index in [1.54, 1.807) is 36.4 Å². The average Bonchev–Trinajstić information content (AvgIpc) is 3.45. The Balaban J connectivity index is 0.00000343. The molecule has 44 heavy (non-hydrogen) atoms. The van der Waals surface area contributed by atoms with E-state index in [0.717, 1.165) is 10.9 Å². The van der Waals surface area contributed by atoms with Gasteiger partial charge in [0.15, 0.2) is 0 Å². The molecular formula is C37H32FN2O3Pt-. The number of phenols is 1. The Morgan fingerprint density at radius 1 is 0.886 bits per heavy atom. The summed E-state index contributed by atoms with van der Waals surface area (Å²) in [4.78, 5) is 9.71. The number of rotatable bonds is 4. The molecule has 0 saturated heterocycles. The third-order valence-corrected chi connectivity index (χ3v) is 8.91. The van der Waals surface area contributed by atoms with E-state index in [0.29, 0.717) is 33.9 Å². The Labute approximate surface area is 271 Å². The Morgan fingerprint density at radius 2 is 1.59 bits per heavy atom. The number of aryl methyl sites for hydroxylation is 1. The quantitative estimate of drug-likeness (QED) is 0.187. The largest absolute Gasteiger partial charge is 0.514 e. The predicted octanol–water partition coefficient (Wildman–Crippen LogP) is 8.43. The van der Waals surface area contributed by atoms with Gasteiger partial charge in [0.1, 0.15) is 29.1 Å². The first-order chi connectivity index (χ1) is 20.5. The summed E-state index contributed by atoms with van der Waals surface area (Å²) >= 11 is 0. The number of benzene rings is 4. The van der Waals surface area contributed by atoms with Gasteiger partial charge in [0, 0.05) is 49.1 Å². The summed E-state index contributed by atoms with van der Waals surface area (Å²) < 4.78 is 27.9. The first-order valence-electron chi connectivity index (χ1n) is 14.5. The van der Waals surface area contributed by atoms with Crippen LogP contribution in [0.15, 0.2) is 89.9 Å². The number of aromatic nitrogens is 1. The third kappa shape index (κ3) is 4.90. The van der Waals surface area contributed by atoms with Crippen molar-refractivity contribution in [3.8, 4) is 28.5 Å². The molecule has 1 aromatic heterocycles. The summed E-state index contributed by atoms with van der Waals surface area (Å²) in [5, 5.41) is 11.3. The van der Waals surface area contributed by atoms with Gasteiger partial charge in [-0.05, 0) is 53.4 Å². The van der Waals surface area contributed by atoms with Crippen molar-refractivity contribution in [3.05, 3.63) is 119 Å². The third-order valence-electron chi connectivity index (χ3n) is 8.91. The Bertz CT molecular complexity index is 1950. The zero-order chi connectivity index (χ0) is 30.1. The molecule has 0 fully saturated rings. The molecule has 0 unspecified atom stereocenters.